The van der Waals surface area contributed by atoms with Crippen LogP contribution in [-0.2, 0) is 4.74 Å². The first-order valence-corrected chi connectivity index (χ1v) is 7.13. The summed E-state index contributed by atoms with van der Waals surface area (Å²) in [6.45, 7) is 12.9. The van der Waals surface area contributed by atoms with Crippen LogP contribution < -0.4 is 11.1 Å². The molecule has 1 unspecified atom stereocenters. The topological polar surface area (TPSA) is 62.9 Å². The molecule has 1 aliphatic heterocycles. The Labute approximate surface area is 116 Å². The first kappa shape index (κ1) is 16.0. The van der Waals surface area contributed by atoms with Gasteiger partial charge in [-0.3, -0.25) is 9.89 Å². The van der Waals surface area contributed by atoms with E-state index in [1.54, 1.807) is 0 Å². The third-order valence-electron chi connectivity index (χ3n) is 3.28. The highest BCUT2D eigenvalue weighted by Gasteiger charge is 2.22. The fourth-order valence-electron chi connectivity index (χ4n) is 2.28. The van der Waals surface area contributed by atoms with Gasteiger partial charge in [-0.25, -0.2) is 0 Å². The lowest BCUT2D eigenvalue weighted by Crippen LogP contribution is -2.37. The standard InChI is InChI=1S/C14H28N4O/c1-4-18-8-5-6-13(18)10-17-14(15)16-7-9-19-11-12(2)3/h13H,2,4-11H2,1,3H3,(H3,15,16,17). The molecule has 0 bridgehead atoms. The molecule has 0 aromatic rings. The maximum Gasteiger partial charge on any atom is 0.188 e. The second-order valence-electron chi connectivity index (χ2n) is 5.09. The SMILES string of the molecule is C=C(C)COCCNC(N)=NCC1CCCN1CC. The van der Waals surface area contributed by atoms with Crippen LogP contribution in [0, 0.1) is 0 Å². The number of aliphatic imine (C=N–C) groups is 1. The molecule has 0 radical (unpaired) electrons. The normalized spacial score (nSPS) is 20.7. The molecule has 1 heterocycles. The quantitative estimate of drug-likeness (QED) is 0.298. The van der Waals surface area contributed by atoms with Gasteiger partial charge in [0.25, 0.3) is 0 Å². The Bertz CT molecular complexity index is 304. The molecule has 110 valence electrons. The molecule has 19 heavy (non-hydrogen) atoms. The number of nitrogens with one attached hydrogen (secondary N) is 1. The Morgan fingerprint density at radius 1 is 1.58 bits per heavy atom. The summed E-state index contributed by atoms with van der Waals surface area (Å²) in [5.74, 6) is 0.516. The second kappa shape index (κ2) is 8.93. The summed E-state index contributed by atoms with van der Waals surface area (Å²) in [5, 5.41) is 3.07. The summed E-state index contributed by atoms with van der Waals surface area (Å²) in [6.07, 6.45) is 2.50. The predicted molar refractivity (Wildman–Crippen MR) is 80.4 cm³/mol. The smallest absolute Gasteiger partial charge is 0.188 e. The molecule has 1 saturated heterocycles. The Morgan fingerprint density at radius 3 is 3.05 bits per heavy atom. The van der Waals surface area contributed by atoms with Gasteiger partial charge in [0.05, 0.1) is 19.8 Å². The second-order valence-corrected chi connectivity index (χ2v) is 5.09. The number of likely N-dealkylation sites (N-methyl/N-ethyl adjacent to an activating group) is 1. The zero-order valence-electron chi connectivity index (χ0n) is 12.3. The molecule has 1 rings (SSSR count). The van der Waals surface area contributed by atoms with Crippen molar-refractivity contribution in [3.05, 3.63) is 12.2 Å². The minimum Gasteiger partial charge on any atom is -0.375 e. The Hall–Kier alpha value is -1.07. The molecule has 5 heteroatoms. The van der Waals surface area contributed by atoms with Crippen LogP contribution in [0.3, 0.4) is 0 Å². The molecule has 1 atom stereocenters. The zero-order chi connectivity index (χ0) is 14.1. The molecule has 1 aliphatic rings. The highest BCUT2D eigenvalue weighted by atomic mass is 16.5. The maximum absolute atomic E-state index is 5.83. The summed E-state index contributed by atoms with van der Waals surface area (Å²) >= 11 is 0. The van der Waals surface area contributed by atoms with Crippen LogP contribution in [0.2, 0.25) is 0 Å². The van der Waals surface area contributed by atoms with E-state index in [-0.39, 0.29) is 0 Å². The van der Waals surface area contributed by atoms with Crippen molar-refractivity contribution in [1.29, 1.82) is 0 Å². The number of hydrogen-bond donors (Lipinski definition) is 2. The molecule has 1 fully saturated rings. The summed E-state index contributed by atoms with van der Waals surface area (Å²) in [6, 6.07) is 0.560. The van der Waals surface area contributed by atoms with Gasteiger partial charge in [-0.15, -0.1) is 0 Å². The van der Waals surface area contributed by atoms with Crippen LogP contribution in [0.4, 0.5) is 0 Å². The predicted octanol–water partition coefficient (Wildman–Crippen LogP) is 0.968. The van der Waals surface area contributed by atoms with Crippen molar-refractivity contribution in [3.8, 4) is 0 Å². The van der Waals surface area contributed by atoms with E-state index < -0.39 is 0 Å². The summed E-state index contributed by atoms with van der Waals surface area (Å²) in [5.41, 5.74) is 6.86. The monoisotopic (exact) mass is 268 g/mol. The molecule has 0 saturated carbocycles. The van der Waals surface area contributed by atoms with E-state index in [4.69, 9.17) is 10.5 Å². The van der Waals surface area contributed by atoms with Crippen LogP contribution in [0.25, 0.3) is 0 Å². The van der Waals surface area contributed by atoms with Crippen LogP contribution in [-0.4, -0.2) is 56.3 Å². The van der Waals surface area contributed by atoms with E-state index in [9.17, 15) is 0 Å². The van der Waals surface area contributed by atoms with Crippen molar-refractivity contribution < 1.29 is 4.74 Å². The van der Waals surface area contributed by atoms with Gasteiger partial charge in [0.2, 0.25) is 0 Å². The summed E-state index contributed by atoms with van der Waals surface area (Å²) in [7, 11) is 0. The molecular formula is C14H28N4O. The molecule has 0 aromatic heterocycles. The maximum atomic E-state index is 5.83. The van der Waals surface area contributed by atoms with Crippen molar-refractivity contribution in [2.75, 3.05) is 39.4 Å². The Balaban J connectivity index is 2.13. The van der Waals surface area contributed by atoms with Crippen LogP contribution in [0.15, 0.2) is 17.1 Å². The third kappa shape index (κ3) is 6.59. The largest absolute Gasteiger partial charge is 0.375 e. The number of likely N-dealkylation sites (tertiary alicyclic amines) is 1. The van der Waals surface area contributed by atoms with Crippen molar-refractivity contribution in [2.45, 2.75) is 32.7 Å². The van der Waals surface area contributed by atoms with E-state index in [1.807, 2.05) is 6.92 Å². The minimum absolute atomic E-state index is 0.516. The van der Waals surface area contributed by atoms with Crippen molar-refractivity contribution in [2.24, 2.45) is 10.7 Å². The highest BCUT2D eigenvalue weighted by molar-refractivity contribution is 5.77. The molecular weight excluding hydrogens is 240 g/mol. The van der Waals surface area contributed by atoms with E-state index in [2.05, 4.69) is 28.7 Å². The van der Waals surface area contributed by atoms with E-state index in [1.165, 1.54) is 19.4 Å². The van der Waals surface area contributed by atoms with Crippen LogP contribution in [0.1, 0.15) is 26.7 Å². The van der Waals surface area contributed by atoms with Crippen molar-refractivity contribution in [1.82, 2.24) is 10.2 Å². The van der Waals surface area contributed by atoms with Gasteiger partial charge in [-0.05, 0) is 32.9 Å². The number of nitrogens with two attached hydrogens (primary N) is 1. The van der Waals surface area contributed by atoms with Gasteiger partial charge in [0.15, 0.2) is 5.96 Å². The number of nitrogens with zero attached hydrogens (tertiary/aromatic N) is 2. The summed E-state index contributed by atoms with van der Waals surface area (Å²) in [4.78, 5) is 6.87. The molecule has 3 N–H and O–H groups in total. The molecule has 0 aromatic carbocycles. The lowest BCUT2D eigenvalue weighted by Gasteiger charge is -2.20. The zero-order valence-corrected chi connectivity index (χ0v) is 12.3. The lowest BCUT2D eigenvalue weighted by atomic mass is 10.2. The lowest BCUT2D eigenvalue weighted by molar-refractivity contribution is 0.161. The molecule has 0 spiro atoms. The summed E-state index contributed by atoms with van der Waals surface area (Å²) < 4.78 is 5.38. The highest BCUT2D eigenvalue weighted by Crippen LogP contribution is 2.16. The Kier molecular flexibility index (Phi) is 7.52. The molecule has 5 nitrogen and oxygen atoms in total. The fraction of sp³-hybridized carbons (Fsp3) is 0.786. The van der Waals surface area contributed by atoms with Crippen LogP contribution in [0.5, 0.6) is 0 Å². The number of guanidine groups is 1. The average molecular weight is 268 g/mol. The Morgan fingerprint density at radius 2 is 2.37 bits per heavy atom. The molecule has 0 aliphatic carbocycles. The third-order valence-corrected chi connectivity index (χ3v) is 3.28. The van der Waals surface area contributed by atoms with Crippen molar-refractivity contribution >= 4 is 5.96 Å². The minimum atomic E-state index is 0.516. The average Bonchev–Trinajstić information content (AvgIpc) is 2.83. The van der Waals surface area contributed by atoms with Gasteiger partial charge in [-0.2, -0.15) is 0 Å². The van der Waals surface area contributed by atoms with Gasteiger partial charge in [0.1, 0.15) is 0 Å². The molecule has 0 amide bonds. The first-order chi connectivity index (χ1) is 9.13. The van der Waals surface area contributed by atoms with Gasteiger partial charge in [0, 0.05) is 12.6 Å². The fourth-order valence-corrected chi connectivity index (χ4v) is 2.28. The van der Waals surface area contributed by atoms with Gasteiger partial charge >= 0.3 is 0 Å². The van der Waals surface area contributed by atoms with Crippen LogP contribution >= 0.6 is 0 Å². The number of rotatable bonds is 8. The van der Waals surface area contributed by atoms with Gasteiger partial charge < -0.3 is 15.8 Å². The van der Waals surface area contributed by atoms with E-state index >= 15 is 0 Å². The van der Waals surface area contributed by atoms with E-state index in [0.717, 1.165) is 18.7 Å². The number of hydrogen-bond acceptors (Lipinski definition) is 3. The van der Waals surface area contributed by atoms with Gasteiger partial charge in [-0.1, -0.05) is 19.1 Å². The number of ether oxygens (including phenoxy) is 1. The van der Waals surface area contributed by atoms with E-state index in [0.29, 0.717) is 31.8 Å². The first-order valence-electron chi connectivity index (χ1n) is 7.13. The van der Waals surface area contributed by atoms with Crippen molar-refractivity contribution in [3.63, 3.8) is 0 Å².